The Morgan fingerprint density at radius 1 is 1.00 bits per heavy atom. The standard InChI is InChI=1S/C15H12F2N2/c16-13-7-3-1-5-11(13)10-19-15(9-18)12-6-2-4-8-14(12)17/h1-8,15,19H,10H2. The van der Waals surface area contributed by atoms with E-state index in [1.54, 1.807) is 30.3 Å². The number of benzene rings is 2. The zero-order valence-corrected chi connectivity index (χ0v) is 10.1. The van der Waals surface area contributed by atoms with Crippen molar-refractivity contribution < 1.29 is 8.78 Å². The van der Waals surface area contributed by atoms with Gasteiger partial charge in [0.05, 0.1) is 6.07 Å². The van der Waals surface area contributed by atoms with Crippen molar-refractivity contribution in [3.8, 4) is 6.07 Å². The number of nitriles is 1. The molecule has 0 aliphatic carbocycles. The van der Waals surface area contributed by atoms with Crippen LogP contribution in [0, 0.1) is 23.0 Å². The van der Waals surface area contributed by atoms with Crippen molar-refractivity contribution in [3.63, 3.8) is 0 Å². The molecule has 1 unspecified atom stereocenters. The quantitative estimate of drug-likeness (QED) is 0.913. The van der Waals surface area contributed by atoms with Gasteiger partial charge in [-0.25, -0.2) is 8.78 Å². The largest absolute Gasteiger partial charge is 0.294 e. The third-order valence-corrected chi connectivity index (χ3v) is 2.80. The van der Waals surface area contributed by atoms with Gasteiger partial charge in [0, 0.05) is 17.7 Å². The maximum atomic E-state index is 13.6. The molecular formula is C15H12F2N2. The molecule has 4 heteroatoms. The Morgan fingerprint density at radius 2 is 1.63 bits per heavy atom. The van der Waals surface area contributed by atoms with E-state index in [0.29, 0.717) is 5.56 Å². The van der Waals surface area contributed by atoms with Crippen molar-refractivity contribution in [1.82, 2.24) is 5.32 Å². The van der Waals surface area contributed by atoms with Gasteiger partial charge in [-0.15, -0.1) is 0 Å². The number of hydrogen-bond donors (Lipinski definition) is 1. The van der Waals surface area contributed by atoms with Crippen LogP contribution in [0.25, 0.3) is 0 Å². The van der Waals surface area contributed by atoms with Crippen LogP contribution in [-0.4, -0.2) is 0 Å². The van der Waals surface area contributed by atoms with E-state index in [4.69, 9.17) is 5.26 Å². The second kappa shape index (κ2) is 6.07. The van der Waals surface area contributed by atoms with Crippen molar-refractivity contribution in [2.24, 2.45) is 0 Å². The lowest BCUT2D eigenvalue weighted by Crippen LogP contribution is -2.21. The normalized spacial score (nSPS) is 11.8. The van der Waals surface area contributed by atoms with E-state index in [1.165, 1.54) is 18.2 Å². The van der Waals surface area contributed by atoms with E-state index in [2.05, 4.69) is 5.32 Å². The summed E-state index contributed by atoms with van der Waals surface area (Å²) in [6, 6.07) is 13.5. The van der Waals surface area contributed by atoms with Gasteiger partial charge in [-0.3, -0.25) is 5.32 Å². The van der Waals surface area contributed by atoms with Crippen molar-refractivity contribution in [1.29, 1.82) is 5.26 Å². The van der Waals surface area contributed by atoms with Crippen LogP contribution in [0.5, 0.6) is 0 Å². The van der Waals surface area contributed by atoms with Crippen LogP contribution in [0.2, 0.25) is 0 Å². The minimum atomic E-state index is -0.805. The topological polar surface area (TPSA) is 35.8 Å². The van der Waals surface area contributed by atoms with Gasteiger partial charge in [-0.1, -0.05) is 36.4 Å². The van der Waals surface area contributed by atoms with Crippen molar-refractivity contribution in [2.75, 3.05) is 0 Å². The molecule has 0 aromatic heterocycles. The highest BCUT2D eigenvalue weighted by atomic mass is 19.1. The second-order valence-electron chi connectivity index (χ2n) is 4.06. The molecule has 96 valence electrons. The molecule has 0 radical (unpaired) electrons. The van der Waals surface area contributed by atoms with E-state index in [9.17, 15) is 8.78 Å². The predicted octanol–water partition coefficient (Wildman–Crippen LogP) is 3.32. The van der Waals surface area contributed by atoms with Gasteiger partial charge in [0.2, 0.25) is 0 Å². The summed E-state index contributed by atoms with van der Waals surface area (Å²) in [6.07, 6.45) is 0. The third-order valence-electron chi connectivity index (χ3n) is 2.80. The Hall–Kier alpha value is -2.25. The van der Waals surface area contributed by atoms with Gasteiger partial charge in [-0.05, 0) is 12.1 Å². The van der Waals surface area contributed by atoms with Gasteiger partial charge in [0.15, 0.2) is 0 Å². The third kappa shape index (κ3) is 3.15. The molecule has 0 fully saturated rings. The number of hydrogen-bond acceptors (Lipinski definition) is 2. The molecule has 0 aliphatic heterocycles. The Balaban J connectivity index is 2.12. The number of halogens is 2. The summed E-state index contributed by atoms with van der Waals surface area (Å²) in [5.74, 6) is -0.796. The molecule has 0 aliphatic rings. The molecule has 0 bridgehead atoms. The molecule has 0 saturated heterocycles. The smallest absolute Gasteiger partial charge is 0.129 e. The Bertz CT molecular complexity index is 605. The second-order valence-corrected chi connectivity index (χ2v) is 4.06. The minimum absolute atomic E-state index is 0.166. The van der Waals surface area contributed by atoms with Crippen LogP contribution >= 0.6 is 0 Å². The van der Waals surface area contributed by atoms with Gasteiger partial charge in [0.1, 0.15) is 17.7 Å². The monoisotopic (exact) mass is 258 g/mol. The molecule has 1 atom stereocenters. The zero-order chi connectivity index (χ0) is 13.7. The highest BCUT2D eigenvalue weighted by Gasteiger charge is 2.14. The van der Waals surface area contributed by atoms with Gasteiger partial charge in [0.25, 0.3) is 0 Å². The summed E-state index contributed by atoms with van der Waals surface area (Å²) < 4.78 is 27.0. The molecule has 19 heavy (non-hydrogen) atoms. The Kier molecular flexibility index (Phi) is 4.22. The number of nitrogens with zero attached hydrogens (tertiary/aromatic N) is 1. The van der Waals surface area contributed by atoms with Gasteiger partial charge >= 0.3 is 0 Å². The van der Waals surface area contributed by atoms with Crippen LogP contribution in [-0.2, 0) is 6.54 Å². The van der Waals surface area contributed by atoms with Crippen LogP contribution < -0.4 is 5.32 Å². The van der Waals surface area contributed by atoms with Crippen LogP contribution in [0.3, 0.4) is 0 Å². The van der Waals surface area contributed by atoms with E-state index < -0.39 is 11.9 Å². The SMILES string of the molecule is N#CC(NCc1ccccc1F)c1ccccc1F. The van der Waals surface area contributed by atoms with Crippen molar-refractivity contribution >= 4 is 0 Å². The fraction of sp³-hybridized carbons (Fsp3) is 0.133. The molecular weight excluding hydrogens is 246 g/mol. The summed E-state index contributed by atoms with van der Waals surface area (Å²) in [7, 11) is 0. The first-order chi connectivity index (χ1) is 9.22. The summed E-state index contributed by atoms with van der Waals surface area (Å²) >= 11 is 0. The van der Waals surface area contributed by atoms with E-state index >= 15 is 0 Å². The van der Waals surface area contributed by atoms with Crippen molar-refractivity contribution in [2.45, 2.75) is 12.6 Å². The maximum Gasteiger partial charge on any atom is 0.129 e. The van der Waals surface area contributed by atoms with Crippen LogP contribution in [0.15, 0.2) is 48.5 Å². The van der Waals surface area contributed by atoms with Crippen molar-refractivity contribution in [3.05, 3.63) is 71.3 Å². The average molecular weight is 258 g/mol. The molecule has 1 N–H and O–H groups in total. The Morgan fingerprint density at radius 3 is 2.26 bits per heavy atom. The minimum Gasteiger partial charge on any atom is -0.294 e. The summed E-state index contributed by atoms with van der Waals surface area (Å²) in [6.45, 7) is 0.166. The first-order valence-electron chi connectivity index (χ1n) is 5.83. The van der Waals surface area contributed by atoms with E-state index in [-0.39, 0.29) is 17.9 Å². The lowest BCUT2D eigenvalue weighted by molar-refractivity contribution is 0.545. The first-order valence-corrected chi connectivity index (χ1v) is 5.83. The predicted molar refractivity (Wildman–Crippen MR) is 68.0 cm³/mol. The number of nitrogens with one attached hydrogen (secondary N) is 1. The first kappa shape index (κ1) is 13.2. The fourth-order valence-electron chi connectivity index (χ4n) is 1.79. The van der Waals surface area contributed by atoms with Gasteiger partial charge < -0.3 is 0 Å². The van der Waals surface area contributed by atoms with Crippen LogP contribution in [0.4, 0.5) is 8.78 Å². The lowest BCUT2D eigenvalue weighted by Gasteiger charge is -2.13. The molecule has 2 aromatic carbocycles. The molecule has 0 amide bonds. The average Bonchev–Trinajstić information content (AvgIpc) is 2.43. The van der Waals surface area contributed by atoms with E-state index in [1.807, 2.05) is 6.07 Å². The molecule has 0 saturated carbocycles. The van der Waals surface area contributed by atoms with E-state index in [0.717, 1.165) is 0 Å². The lowest BCUT2D eigenvalue weighted by atomic mass is 10.1. The highest BCUT2D eigenvalue weighted by Crippen LogP contribution is 2.17. The number of rotatable bonds is 4. The molecule has 2 rings (SSSR count). The summed E-state index contributed by atoms with van der Waals surface area (Å²) in [5.41, 5.74) is 0.709. The highest BCUT2D eigenvalue weighted by molar-refractivity contribution is 5.26. The molecule has 2 nitrogen and oxygen atoms in total. The Labute approximate surface area is 110 Å². The maximum absolute atomic E-state index is 13.6. The summed E-state index contributed by atoms with van der Waals surface area (Å²) in [5, 5.41) is 11.9. The van der Waals surface area contributed by atoms with Crippen LogP contribution in [0.1, 0.15) is 17.2 Å². The molecule has 0 spiro atoms. The summed E-state index contributed by atoms with van der Waals surface area (Å²) in [4.78, 5) is 0. The fourth-order valence-corrected chi connectivity index (χ4v) is 1.79. The van der Waals surface area contributed by atoms with Gasteiger partial charge in [-0.2, -0.15) is 5.26 Å². The molecule has 2 aromatic rings. The molecule has 0 heterocycles. The zero-order valence-electron chi connectivity index (χ0n) is 10.1.